The number of primary sulfonamides is 1. The van der Waals surface area contributed by atoms with Crippen LogP contribution in [0.2, 0.25) is 0 Å². The van der Waals surface area contributed by atoms with Crippen LogP contribution >= 0.6 is 27.3 Å². The SMILES string of the molecule is CC(Nc1ccc(CS(N)(=O)=O)cc1)c1ccc(Br)s1. The van der Waals surface area contributed by atoms with Crippen LogP contribution in [0.15, 0.2) is 40.2 Å². The first kappa shape index (κ1) is 15.5. The van der Waals surface area contributed by atoms with Gasteiger partial charge in [-0.2, -0.15) is 0 Å². The highest BCUT2D eigenvalue weighted by molar-refractivity contribution is 9.11. The zero-order valence-corrected chi connectivity index (χ0v) is 14.1. The van der Waals surface area contributed by atoms with Gasteiger partial charge in [-0.3, -0.25) is 0 Å². The lowest BCUT2D eigenvalue weighted by Crippen LogP contribution is -2.14. The molecule has 0 bridgehead atoms. The van der Waals surface area contributed by atoms with Crippen LogP contribution in [0.3, 0.4) is 0 Å². The van der Waals surface area contributed by atoms with E-state index in [9.17, 15) is 8.42 Å². The number of anilines is 1. The predicted molar refractivity (Wildman–Crippen MR) is 87.3 cm³/mol. The normalized spacial score (nSPS) is 13.2. The number of hydrogen-bond acceptors (Lipinski definition) is 4. The van der Waals surface area contributed by atoms with Crippen LogP contribution in [-0.4, -0.2) is 8.42 Å². The molecule has 0 aliphatic heterocycles. The second-order valence-corrected chi connectivity index (χ2v) is 8.62. The minimum absolute atomic E-state index is 0.138. The van der Waals surface area contributed by atoms with Gasteiger partial charge in [0.25, 0.3) is 0 Å². The minimum atomic E-state index is -3.48. The lowest BCUT2D eigenvalue weighted by atomic mass is 10.2. The summed E-state index contributed by atoms with van der Waals surface area (Å²) in [6.45, 7) is 2.08. The average Bonchev–Trinajstić information content (AvgIpc) is 2.77. The molecule has 0 radical (unpaired) electrons. The van der Waals surface area contributed by atoms with Gasteiger partial charge >= 0.3 is 0 Å². The van der Waals surface area contributed by atoms with Crippen LogP contribution in [0.5, 0.6) is 0 Å². The largest absolute Gasteiger partial charge is 0.378 e. The van der Waals surface area contributed by atoms with E-state index in [1.54, 1.807) is 23.5 Å². The van der Waals surface area contributed by atoms with Gasteiger partial charge in [0.05, 0.1) is 15.6 Å². The van der Waals surface area contributed by atoms with Crippen molar-refractivity contribution in [3.8, 4) is 0 Å². The summed E-state index contributed by atoms with van der Waals surface area (Å²) < 4.78 is 23.1. The molecule has 108 valence electrons. The van der Waals surface area contributed by atoms with E-state index in [1.807, 2.05) is 18.2 Å². The molecule has 0 spiro atoms. The Morgan fingerprint density at radius 1 is 1.25 bits per heavy atom. The van der Waals surface area contributed by atoms with Crippen molar-refractivity contribution in [1.82, 2.24) is 0 Å². The summed E-state index contributed by atoms with van der Waals surface area (Å²) in [5.41, 5.74) is 1.63. The number of rotatable bonds is 5. The Hall–Kier alpha value is -0.890. The zero-order chi connectivity index (χ0) is 14.8. The topological polar surface area (TPSA) is 72.2 Å². The molecule has 1 aromatic heterocycles. The summed E-state index contributed by atoms with van der Waals surface area (Å²) in [4.78, 5) is 1.23. The highest BCUT2D eigenvalue weighted by Gasteiger charge is 2.09. The van der Waals surface area contributed by atoms with Gasteiger partial charge in [0.15, 0.2) is 0 Å². The van der Waals surface area contributed by atoms with Crippen molar-refractivity contribution in [2.75, 3.05) is 5.32 Å². The predicted octanol–water partition coefficient (Wildman–Crippen LogP) is 3.47. The highest BCUT2D eigenvalue weighted by atomic mass is 79.9. The Kier molecular flexibility index (Phi) is 4.85. The first-order valence-corrected chi connectivity index (χ1v) is 9.27. The van der Waals surface area contributed by atoms with E-state index in [2.05, 4.69) is 34.2 Å². The molecule has 4 nitrogen and oxygen atoms in total. The van der Waals surface area contributed by atoms with Crippen LogP contribution in [0, 0.1) is 0 Å². The quantitative estimate of drug-likeness (QED) is 0.841. The lowest BCUT2D eigenvalue weighted by molar-refractivity contribution is 0.597. The van der Waals surface area contributed by atoms with Crippen LogP contribution in [0.1, 0.15) is 23.4 Å². The minimum Gasteiger partial charge on any atom is -0.378 e. The van der Waals surface area contributed by atoms with Gasteiger partial charge < -0.3 is 5.32 Å². The second kappa shape index (κ2) is 6.26. The smallest absolute Gasteiger partial charge is 0.213 e. The number of benzene rings is 1. The summed E-state index contributed by atoms with van der Waals surface area (Å²) in [6.07, 6.45) is 0. The number of nitrogens with one attached hydrogen (secondary N) is 1. The Morgan fingerprint density at radius 3 is 2.40 bits per heavy atom. The molecule has 0 amide bonds. The molecular formula is C13H15BrN2O2S2. The number of thiophene rings is 1. The van der Waals surface area contributed by atoms with E-state index < -0.39 is 10.0 Å². The molecule has 1 atom stereocenters. The van der Waals surface area contributed by atoms with Gasteiger partial charge in [0.2, 0.25) is 10.0 Å². The molecule has 1 heterocycles. The summed E-state index contributed by atoms with van der Waals surface area (Å²) in [7, 11) is -3.48. The van der Waals surface area contributed by atoms with Crippen LogP contribution in [0.4, 0.5) is 5.69 Å². The fourth-order valence-corrected chi connectivity index (χ4v) is 3.89. The number of halogens is 1. The second-order valence-electron chi connectivity index (χ2n) is 4.51. The van der Waals surface area contributed by atoms with Crippen molar-refractivity contribution in [2.45, 2.75) is 18.7 Å². The molecule has 3 N–H and O–H groups in total. The third-order valence-corrected chi connectivity index (χ3v) is 5.27. The molecule has 20 heavy (non-hydrogen) atoms. The summed E-state index contributed by atoms with van der Waals surface area (Å²) in [5.74, 6) is -0.138. The van der Waals surface area contributed by atoms with Crippen molar-refractivity contribution in [2.24, 2.45) is 5.14 Å². The molecule has 1 aromatic carbocycles. The number of sulfonamides is 1. The van der Waals surface area contributed by atoms with Gasteiger partial charge in [-0.05, 0) is 52.7 Å². The fraction of sp³-hybridized carbons (Fsp3) is 0.231. The molecule has 0 aliphatic carbocycles. The highest BCUT2D eigenvalue weighted by Crippen LogP contribution is 2.29. The molecule has 2 aromatic rings. The van der Waals surface area contributed by atoms with Gasteiger partial charge in [-0.1, -0.05) is 12.1 Å². The summed E-state index contributed by atoms with van der Waals surface area (Å²) in [6, 6.07) is 11.5. The van der Waals surface area contributed by atoms with E-state index in [-0.39, 0.29) is 11.8 Å². The first-order valence-electron chi connectivity index (χ1n) is 5.95. The molecule has 0 fully saturated rings. The van der Waals surface area contributed by atoms with Gasteiger partial charge in [-0.25, -0.2) is 13.6 Å². The average molecular weight is 375 g/mol. The van der Waals surface area contributed by atoms with Crippen LogP contribution in [-0.2, 0) is 15.8 Å². The van der Waals surface area contributed by atoms with Crippen molar-refractivity contribution < 1.29 is 8.42 Å². The van der Waals surface area contributed by atoms with E-state index in [0.29, 0.717) is 5.56 Å². The standard InChI is InChI=1S/C13H15BrN2O2S2/c1-9(12-6-7-13(14)19-12)16-11-4-2-10(3-5-11)8-20(15,17)18/h2-7,9,16H,8H2,1H3,(H2,15,17,18). The molecule has 2 rings (SSSR count). The Bertz CT molecular complexity index is 681. The van der Waals surface area contributed by atoms with Gasteiger partial charge in [0, 0.05) is 10.6 Å². The Balaban J connectivity index is 2.03. The monoisotopic (exact) mass is 374 g/mol. The summed E-state index contributed by atoms with van der Waals surface area (Å²) in [5, 5.41) is 8.39. The molecule has 7 heteroatoms. The first-order chi connectivity index (χ1) is 9.33. The maximum absolute atomic E-state index is 11.0. The molecule has 0 saturated heterocycles. The van der Waals surface area contributed by atoms with Crippen molar-refractivity contribution in [3.63, 3.8) is 0 Å². The van der Waals surface area contributed by atoms with E-state index >= 15 is 0 Å². The van der Waals surface area contributed by atoms with Gasteiger partial charge in [0.1, 0.15) is 0 Å². The van der Waals surface area contributed by atoms with Crippen LogP contribution in [0.25, 0.3) is 0 Å². The van der Waals surface area contributed by atoms with E-state index in [1.165, 1.54) is 4.88 Å². The Labute approximate surface area is 131 Å². The third kappa shape index (κ3) is 4.59. The summed E-state index contributed by atoms with van der Waals surface area (Å²) >= 11 is 5.13. The molecule has 0 aliphatic rings. The van der Waals surface area contributed by atoms with Gasteiger partial charge in [-0.15, -0.1) is 11.3 Å². The van der Waals surface area contributed by atoms with E-state index in [0.717, 1.165) is 9.47 Å². The Morgan fingerprint density at radius 2 is 1.90 bits per heavy atom. The van der Waals surface area contributed by atoms with Crippen LogP contribution < -0.4 is 10.5 Å². The molecule has 0 saturated carbocycles. The molecule has 1 unspecified atom stereocenters. The fourth-order valence-electron chi connectivity index (χ4n) is 1.81. The van der Waals surface area contributed by atoms with Crippen molar-refractivity contribution in [3.05, 3.63) is 50.6 Å². The maximum Gasteiger partial charge on any atom is 0.213 e. The third-order valence-electron chi connectivity index (χ3n) is 2.73. The molecular weight excluding hydrogens is 360 g/mol. The van der Waals surface area contributed by atoms with Crippen molar-refractivity contribution in [1.29, 1.82) is 0 Å². The maximum atomic E-state index is 11.0. The van der Waals surface area contributed by atoms with E-state index in [4.69, 9.17) is 5.14 Å². The van der Waals surface area contributed by atoms with Crippen molar-refractivity contribution >= 4 is 43.0 Å². The number of nitrogens with two attached hydrogens (primary N) is 1. The zero-order valence-electron chi connectivity index (χ0n) is 10.8. The number of hydrogen-bond donors (Lipinski definition) is 2. The lowest BCUT2D eigenvalue weighted by Gasteiger charge is -2.14.